The van der Waals surface area contributed by atoms with Gasteiger partial charge in [0.25, 0.3) is 0 Å². The van der Waals surface area contributed by atoms with Crippen LogP contribution in [-0.4, -0.2) is 4.98 Å². The van der Waals surface area contributed by atoms with Gasteiger partial charge in [-0.25, -0.2) is 4.98 Å². The van der Waals surface area contributed by atoms with E-state index < -0.39 is 0 Å². The first-order chi connectivity index (χ1) is 28.8. The molecule has 0 N–H and O–H groups in total. The highest BCUT2D eigenvalue weighted by atomic mass is 32.1. The summed E-state index contributed by atoms with van der Waals surface area (Å²) in [6, 6.07) is 78.9. The molecular formula is C55H36N2S. The Bertz CT molecular complexity index is 3260. The van der Waals surface area contributed by atoms with E-state index in [-0.39, 0.29) is 0 Å². The van der Waals surface area contributed by atoms with Gasteiger partial charge in [0.1, 0.15) is 5.01 Å². The van der Waals surface area contributed by atoms with E-state index in [1.807, 2.05) is 0 Å². The van der Waals surface area contributed by atoms with Crippen LogP contribution >= 0.6 is 11.3 Å². The quantitative estimate of drug-likeness (QED) is 0.151. The van der Waals surface area contributed by atoms with Crippen LogP contribution in [-0.2, 0) is 0 Å². The Morgan fingerprint density at radius 2 is 0.966 bits per heavy atom. The molecule has 0 amide bonds. The maximum Gasteiger partial charge on any atom is 0.124 e. The van der Waals surface area contributed by atoms with Gasteiger partial charge >= 0.3 is 0 Å². The van der Waals surface area contributed by atoms with E-state index >= 15 is 0 Å². The summed E-state index contributed by atoms with van der Waals surface area (Å²) in [6.45, 7) is 0. The van der Waals surface area contributed by atoms with Crippen molar-refractivity contribution in [3.05, 3.63) is 218 Å². The molecule has 11 aromatic rings. The fourth-order valence-corrected chi connectivity index (χ4v) is 9.66. The minimum atomic E-state index is 1.02. The van der Waals surface area contributed by atoms with Crippen molar-refractivity contribution in [1.82, 2.24) is 4.98 Å². The van der Waals surface area contributed by atoms with Gasteiger partial charge in [-0.15, -0.1) is 11.3 Å². The molecular weight excluding hydrogens is 721 g/mol. The summed E-state index contributed by atoms with van der Waals surface area (Å²) < 4.78 is 1.21. The van der Waals surface area contributed by atoms with Gasteiger partial charge in [0.2, 0.25) is 0 Å². The molecule has 10 aromatic carbocycles. The van der Waals surface area contributed by atoms with Crippen LogP contribution in [0.2, 0.25) is 0 Å². The van der Waals surface area contributed by atoms with Crippen molar-refractivity contribution in [3.63, 3.8) is 0 Å². The fourth-order valence-electron chi connectivity index (χ4n) is 8.53. The molecule has 2 nitrogen and oxygen atoms in total. The Hall–Kier alpha value is -7.33. The Labute approximate surface area is 341 Å². The molecule has 0 bridgehead atoms. The van der Waals surface area contributed by atoms with Gasteiger partial charge in [-0.05, 0) is 85.9 Å². The predicted molar refractivity (Wildman–Crippen MR) is 249 cm³/mol. The maximum atomic E-state index is 5.18. The van der Waals surface area contributed by atoms with Crippen molar-refractivity contribution < 1.29 is 0 Å². The smallest absolute Gasteiger partial charge is 0.124 e. The van der Waals surface area contributed by atoms with E-state index in [9.17, 15) is 0 Å². The van der Waals surface area contributed by atoms with E-state index in [2.05, 4.69) is 223 Å². The van der Waals surface area contributed by atoms with Crippen LogP contribution in [0, 0.1) is 0 Å². The molecule has 58 heavy (non-hydrogen) atoms. The highest BCUT2D eigenvalue weighted by molar-refractivity contribution is 7.22. The van der Waals surface area contributed by atoms with Crippen LogP contribution in [0.1, 0.15) is 0 Å². The van der Waals surface area contributed by atoms with Gasteiger partial charge in [-0.3, -0.25) is 0 Å². The van der Waals surface area contributed by atoms with Gasteiger partial charge in [-0.1, -0.05) is 182 Å². The summed E-state index contributed by atoms with van der Waals surface area (Å²) in [6.07, 6.45) is 0. The zero-order valence-corrected chi connectivity index (χ0v) is 32.4. The number of benzene rings is 10. The van der Waals surface area contributed by atoms with Crippen molar-refractivity contribution in [1.29, 1.82) is 0 Å². The van der Waals surface area contributed by atoms with Crippen LogP contribution in [0.4, 0.5) is 17.1 Å². The normalized spacial score (nSPS) is 11.4. The molecule has 0 saturated carbocycles. The molecule has 0 aliphatic heterocycles. The van der Waals surface area contributed by atoms with Gasteiger partial charge in [-0.2, -0.15) is 0 Å². The first-order valence-electron chi connectivity index (χ1n) is 19.7. The predicted octanol–water partition coefficient (Wildman–Crippen LogP) is 15.9. The lowest BCUT2D eigenvalue weighted by atomic mass is 9.93. The van der Waals surface area contributed by atoms with Gasteiger partial charge in [0, 0.05) is 33.1 Å². The third-order valence-electron chi connectivity index (χ3n) is 11.3. The monoisotopic (exact) mass is 756 g/mol. The zero-order valence-electron chi connectivity index (χ0n) is 31.6. The number of anilines is 3. The topological polar surface area (TPSA) is 16.1 Å². The standard InChI is InChI=1S/C55H36N2S/c1-4-15-37(16-5-1)38-27-31-44(32-28-38)57(45-23-14-22-42(35-45)47-25-13-12-24-46(47)39-17-6-2-7-18-39)51-36-43-21-10-11-26-48(43)53-49(51)33-29-40-30-34-50-54(52(40)53)58-55(56-50)41-19-8-3-9-20-41/h1-36H. The molecule has 0 spiro atoms. The number of hydrogen-bond donors (Lipinski definition) is 0. The largest absolute Gasteiger partial charge is 0.310 e. The Kier molecular flexibility index (Phi) is 8.38. The molecule has 0 aliphatic rings. The molecule has 1 aromatic heterocycles. The number of aromatic nitrogens is 1. The molecule has 1 heterocycles. The fraction of sp³-hybridized carbons (Fsp3) is 0. The van der Waals surface area contributed by atoms with Crippen LogP contribution in [0.3, 0.4) is 0 Å². The number of nitrogens with zero attached hydrogens (tertiary/aromatic N) is 2. The number of thiazole rings is 1. The number of fused-ring (bicyclic) bond motifs is 7. The van der Waals surface area contributed by atoms with Crippen LogP contribution < -0.4 is 4.90 Å². The summed E-state index contributed by atoms with van der Waals surface area (Å²) in [7, 11) is 0. The lowest BCUT2D eigenvalue weighted by molar-refractivity contribution is 1.30. The second kappa shape index (κ2) is 14.3. The lowest BCUT2D eigenvalue weighted by Crippen LogP contribution is -2.11. The third-order valence-corrected chi connectivity index (χ3v) is 12.4. The van der Waals surface area contributed by atoms with E-state index in [1.54, 1.807) is 11.3 Å². The van der Waals surface area contributed by atoms with Crippen LogP contribution in [0.15, 0.2) is 218 Å². The summed E-state index contributed by atoms with van der Waals surface area (Å²) in [5.74, 6) is 0. The van der Waals surface area contributed by atoms with Crippen molar-refractivity contribution >= 4 is 70.9 Å². The average molecular weight is 757 g/mol. The van der Waals surface area contributed by atoms with Crippen molar-refractivity contribution in [2.75, 3.05) is 4.90 Å². The Morgan fingerprint density at radius 3 is 1.72 bits per heavy atom. The van der Waals surface area contributed by atoms with Gasteiger partial charge in [0.15, 0.2) is 0 Å². The van der Waals surface area contributed by atoms with Gasteiger partial charge in [0.05, 0.1) is 15.9 Å². The third kappa shape index (κ3) is 5.92. The highest BCUT2D eigenvalue weighted by Gasteiger charge is 2.21. The van der Waals surface area contributed by atoms with Crippen LogP contribution in [0.5, 0.6) is 0 Å². The summed E-state index contributed by atoms with van der Waals surface area (Å²) in [5, 5.41) is 8.36. The Morgan fingerprint density at radius 1 is 0.362 bits per heavy atom. The number of rotatable bonds is 7. The second-order valence-corrected chi connectivity index (χ2v) is 15.7. The van der Waals surface area contributed by atoms with E-state index in [0.717, 1.165) is 33.1 Å². The number of hydrogen-bond acceptors (Lipinski definition) is 3. The molecule has 0 unspecified atom stereocenters. The second-order valence-electron chi connectivity index (χ2n) is 14.7. The van der Waals surface area contributed by atoms with Crippen molar-refractivity contribution in [2.45, 2.75) is 0 Å². The lowest BCUT2D eigenvalue weighted by Gasteiger charge is -2.28. The molecule has 0 aliphatic carbocycles. The zero-order chi connectivity index (χ0) is 38.4. The van der Waals surface area contributed by atoms with E-state index in [1.165, 1.54) is 70.4 Å². The Balaban J connectivity index is 1.18. The molecule has 0 radical (unpaired) electrons. The van der Waals surface area contributed by atoms with Gasteiger partial charge < -0.3 is 4.90 Å². The molecule has 3 heteroatoms. The van der Waals surface area contributed by atoms with E-state index in [0.29, 0.717) is 0 Å². The minimum absolute atomic E-state index is 1.02. The summed E-state index contributed by atoms with van der Waals surface area (Å²) in [5.41, 5.74) is 12.6. The highest BCUT2D eigenvalue weighted by Crippen LogP contribution is 2.47. The average Bonchev–Trinajstić information content (AvgIpc) is 3.75. The van der Waals surface area contributed by atoms with Crippen LogP contribution in [0.25, 0.3) is 86.5 Å². The van der Waals surface area contributed by atoms with Crippen molar-refractivity contribution in [3.8, 4) is 44.0 Å². The maximum absolute atomic E-state index is 5.18. The molecule has 0 saturated heterocycles. The summed E-state index contributed by atoms with van der Waals surface area (Å²) in [4.78, 5) is 7.63. The minimum Gasteiger partial charge on any atom is -0.310 e. The first-order valence-corrected chi connectivity index (χ1v) is 20.5. The molecule has 11 rings (SSSR count). The molecule has 0 atom stereocenters. The summed E-state index contributed by atoms with van der Waals surface area (Å²) >= 11 is 1.78. The van der Waals surface area contributed by atoms with Crippen molar-refractivity contribution in [2.24, 2.45) is 0 Å². The first kappa shape index (κ1) is 34.0. The molecule has 0 fully saturated rings. The SMILES string of the molecule is c1ccc(-c2ccc(N(c3cccc(-c4ccccc4-c4ccccc4)c3)c3cc4ccccc4c4c3ccc3ccc5nc(-c6ccccc6)sc5c34)cc2)cc1. The molecule has 272 valence electrons. The van der Waals surface area contributed by atoms with E-state index in [4.69, 9.17) is 4.98 Å².